The first-order valence-electron chi connectivity index (χ1n) is 5.28. The van der Waals surface area contributed by atoms with Gasteiger partial charge in [-0.25, -0.2) is 0 Å². The minimum atomic E-state index is -0.244. The first-order valence-corrected chi connectivity index (χ1v) is 5.72. The van der Waals surface area contributed by atoms with E-state index < -0.39 is 0 Å². The number of halogens is 1. The maximum Gasteiger partial charge on any atom is 0.315 e. The van der Waals surface area contributed by atoms with Crippen LogP contribution < -0.4 is 5.32 Å². The van der Waals surface area contributed by atoms with Gasteiger partial charge in [0.1, 0.15) is 5.38 Å². The molecule has 5 heteroatoms. The quantitative estimate of drug-likeness (QED) is 0.791. The molecule has 0 aliphatic carbocycles. The van der Waals surface area contributed by atoms with Crippen LogP contribution in [0.15, 0.2) is 4.42 Å². The van der Waals surface area contributed by atoms with E-state index in [1.54, 1.807) is 6.92 Å². The van der Waals surface area contributed by atoms with E-state index >= 15 is 0 Å². The average molecular weight is 232 g/mol. The van der Waals surface area contributed by atoms with E-state index in [9.17, 15) is 0 Å². The zero-order valence-corrected chi connectivity index (χ0v) is 10.4. The molecule has 0 saturated carbocycles. The summed E-state index contributed by atoms with van der Waals surface area (Å²) in [5.41, 5.74) is 0. The molecule has 3 atom stereocenters. The molecule has 1 heterocycles. The monoisotopic (exact) mass is 231 g/mol. The summed E-state index contributed by atoms with van der Waals surface area (Å²) in [7, 11) is 0. The summed E-state index contributed by atoms with van der Waals surface area (Å²) >= 11 is 5.82. The van der Waals surface area contributed by atoms with Crippen molar-refractivity contribution in [3.8, 4) is 0 Å². The number of nitrogens with one attached hydrogen (secondary N) is 1. The molecular weight excluding hydrogens is 214 g/mol. The Morgan fingerprint density at radius 2 is 2.00 bits per heavy atom. The van der Waals surface area contributed by atoms with Crippen LogP contribution in [0.4, 0.5) is 6.01 Å². The molecule has 0 aromatic carbocycles. The summed E-state index contributed by atoms with van der Waals surface area (Å²) in [6.45, 7) is 8.24. The third-order valence-corrected chi connectivity index (χ3v) is 2.82. The second kappa shape index (κ2) is 5.35. The first-order chi connectivity index (χ1) is 7.04. The molecule has 1 aromatic heterocycles. The number of rotatable bonds is 5. The lowest BCUT2D eigenvalue weighted by atomic mass is 10.0. The average Bonchev–Trinajstić information content (AvgIpc) is 2.65. The molecule has 1 rings (SSSR count). The highest BCUT2D eigenvalue weighted by atomic mass is 35.5. The molecule has 3 unspecified atom stereocenters. The molecule has 0 spiro atoms. The lowest BCUT2D eigenvalue weighted by Gasteiger charge is -2.17. The zero-order valence-electron chi connectivity index (χ0n) is 9.62. The number of aromatic nitrogens is 2. The van der Waals surface area contributed by atoms with Crippen molar-refractivity contribution in [3.63, 3.8) is 0 Å². The molecule has 0 aliphatic rings. The van der Waals surface area contributed by atoms with Gasteiger partial charge in [0.25, 0.3) is 0 Å². The fourth-order valence-corrected chi connectivity index (χ4v) is 1.23. The van der Waals surface area contributed by atoms with Crippen molar-refractivity contribution in [2.24, 2.45) is 5.92 Å². The minimum absolute atomic E-state index is 0.244. The molecule has 0 bridgehead atoms. The number of anilines is 1. The van der Waals surface area contributed by atoms with Gasteiger partial charge >= 0.3 is 6.01 Å². The Kier molecular flexibility index (Phi) is 4.39. The predicted octanol–water partition coefficient (Wildman–Crippen LogP) is 3.22. The lowest BCUT2D eigenvalue weighted by Crippen LogP contribution is -2.23. The molecule has 4 nitrogen and oxygen atoms in total. The summed E-state index contributed by atoms with van der Waals surface area (Å²) in [5, 5.41) is 10.7. The van der Waals surface area contributed by atoms with Crippen LogP contribution in [-0.2, 0) is 0 Å². The Balaban J connectivity index is 2.57. The smallest absolute Gasteiger partial charge is 0.315 e. The lowest BCUT2D eigenvalue weighted by molar-refractivity contribution is 0.459. The molecule has 86 valence electrons. The Morgan fingerprint density at radius 3 is 2.47 bits per heavy atom. The van der Waals surface area contributed by atoms with Crippen molar-refractivity contribution in [2.75, 3.05) is 5.32 Å². The van der Waals surface area contributed by atoms with Crippen LogP contribution in [0.2, 0.25) is 0 Å². The number of nitrogens with zero attached hydrogens (tertiary/aromatic N) is 2. The molecule has 0 radical (unpaired) electrons. The third kappa shape index (κ3) is 3.38. The van der Waals surface area contributed by atoms with E-state index in [4.69, 9.17) is 16.0 Å². The molecule has 0 saturated heterocycles. The van der Waals surface area contributed by atoms with E-state index in [1.165, 1.54) is 0 Å². The zero-order chi connectivity index (χ0) is 11.4. The molecule has 1 aromatic rings. The summed E-state index contributed by atoms with van der Waals surface area (Å²) in [4.78, 5) is 0. The highest BCUT2D eigenvalue weighted by molar-refractivity contribution is 6.20. The third-order valence-electron chi connectivity index (χ3n) is 2.63. The second-order valence-electron chi connectivity index (χ2n) is 3.88. The molecular formula is C10H18ClN3O. The van der Waals surface area contributed by atoms with Crippen molar-refractivity contribution >= 4 is 17.6 Å². The summed E-state index contributed by atoms with van der Waals surface area (Å²) in [6.07, 6.45) is 1.11. The summed E-state index contributed by atoms with van der Waals surface area (Å²) in [5.74, 6) is 1.02. The topological polar surface area (TPSA) is 51.0 Å². The van der Waals surface area contributed by atoms with E-state index in [0.29, 0.717) is 23.9 Å². The van der Waals surface area contributed by atoms with Crippen molar-refractivity contribution in [3.05, 3.63) is 5.89 Å². The van der Waals surface area contributed by atoms with Gasteiger partial charge in [-0.1, -0.05) is 25.4 Å². The number of hydrogen-bond acceptors (Lipinski definition) is 4. The summed E-state index contributed by atoms with van der Waals surface area (Å²) < 4.78 is 5.35. The van der Waals surface area contributed by atoms with Gasteiger partial charge in [-0.2, -0.15) is 0 Å². The van der Waals surface area contributed by atoms with Gasteiger partial charge in [0, 0.05) is 6.04 Å². The maximum atomic E-state index is 5.82. The number of hydrogen-bond donors (Lipinski definition) is 1. The molecule has 15 heavy (non-hydrogen) atoms. The highest BCUT2D eigenvalue weighted by Crippen LogP contribution is 2.20. The SMILES string of the molecule is CCC(C)C(C)Nc1nnc(C(C)Cl)o1. The van der Waals surface area contributed by atoms with E-state index in [2.05, 4.69) is 36.3 Å². The van der Waals surface area contributed by atoms with Crippen molar-refractivity contribution in [1.29, 1.82) is 0 Å². The van der Waals surface area contributed by atoms with Gasteiger partial charge in [-0.15, -0.1) is 16.7 Å². The van der Waals surface area contributed by atoms with Gasteiger partial charge in [-0.05, 0) is 19.8 Å². The van der Waals surface area contributed by atoms with Crippen LogP contribution in [0.5, 0.6) is 0 Å². The van der Waals surface area contributed by atoms with Crippen LogP contribution in [0, 0.1) is 5.92 Å². The summed E-state index contributed by atoms with van der Waals surface area (Å²) in [6, 6.07) is 0.763. The standard InChI is InChI=1S/C10H18ClN3O/c1-5-6(2)8(4)12-10-14-13-9(15-10)7(3)11/h6-8H,5H2,1-4H3,(H,12,14). The number of alkyl halides is 1. The fourth-order valence-electron chi connectivity index (χ4n) is 1.14. The Bertz CT molecular complexity index is 301. The molecule has 1 N–H and O–H groups in total. The van der Waals surface area contributed by atoms with Crippen molar-refractivity contribution in [2.45, 2.75) is 45.5 Å². The van der Waals surface area contributed by atoms with Crippen LogP contribution in [-0.4, -0.2) is 16.2 Å². The maximum absolute atomic E-state index is 5.82. The van der Waals surface area contributed by atoms with Crippen LogP contribution >= 0.6 is 11.6 Å². The predicted molar refractivity (Wildman–Crippen MR) is 61.1 cm³/mol. The molecule has 0 fully saturated rings. The van der Waals surface area contributed by atoms with Crippen LogP contribution in [0.25, 0.3) is 0 Å². The van der Waals surface area contributed by atoms with Gasteiger partial charge in [0.15, 0.2) is 0 Å². The van der Waals surface area contributed by atoms with Crippen molar-refractivity contribution in [1.82, 2.24) is 10.2 Å². The molecule has 0 aliphatic heterocycles. The van der Waals surface area contributed by atoms with E-state index in [0.717, 1.165) is 6.42 Å². The normalized spacial score (nSPS) is 17.1. The Morgan fingerprint density at radius 1 is 1.33 bits per heavy atom. The second-order valence-corrected chi connectivity index (χ2v) is 4.53. The largest absolute Gasteiger partial charge is 0.406 e. The van der Waals surface area contributed by atoms with Crippen LogP contribution in [0.1, 0.15) is 45.4 Å². The molecule has 0 amide bonds. The van der Waals surface area contributed by atoms with Crippen LogP contribution in [0.3, 0.4) is 0 Å². The first kappa shape index (κ1) is 12.3. The van der Waals surface area contributed by atoms with Gasteiger partial charge in [0.2, 0.25) is 5.89 Å². The van der Waals surface area contributed by atoms with Crippen molar-refractivity contribution < 1.29 is 4.42 Å². The highest BCUT2D eigenvalue weighted by Gasteiger charge is 2.15. The van der Waals surface area contributed by atoms with Gasteiger partial charge in [0.05, 0.1) is 0 Å². The van der Waals surface area contributed by atoms with Gasteiger partial charge < -0.3 is 9.73 Å². The Hall–Kier alpha value is -0.770. The van der Waals surface area contributed by atoms with Gasteiger partial charge in [-0.3, -0.25) is 0 Å². The fraction of sp³-hybridized carbons (Fsp3) is 0.800. The van der Waals surface area contributed by atoms with E-state index in [1.807, 2.05) is 0 Å². The Labute approximate surface area is 95.4 Å². The minimum Gasteiger partial charge on any atom is -0.406 e. The van der Waals surface area contributed by atoms with E-state index in [-0.39, 0.29) is 5.38 Å².